The molecule has 2 aliphatic rings. The monoisotopic (exact) mass is 445 g/mol. The lowest BCUT2D eigenvalue weighted by atomic mass is 9.92. The number of carboxylic acid groups (broad SMARTS) is 1. The second kappa shape index (κ2) is 9.40. The summed E-state index contributed by atoms with van der Waals surface area (Å²) >= 11 is 0. The molecule has 8 nitrogen and oxygen atoms in total. The van der Waals surface area contributed by atoms with Gasteiger partial charge in [0.2, 0.25) is 0 Å². The van der Waals surface area contributed by atoms with Gasteiger partial charge in [-0.25, -0.2) is 4.85 Å². The summed E-state index contributed by atoms with van der Waals surface area (Å²) in [7, 11) is 3.92. The van der Waals surface area contributed by atoms with Crippen LogP contribution in [-0.2, 0) is 19.1 Å². The molecular formula is C25H23N3O5. The predicted molar refractivity (Wildman–Crippen MR) is 123 cm³/mol. The van der Waals surface area contributed by atoms with Crippen LogP contribution in [0.25, 0.3) is 10.9 Å². The number of ether oxygens (including phenoxy) is 1. The van der Waals surface area contributed by atoms with Crippen LogP contribution in [0.3, 0.4) is 0 Å². The third-order valence-corrected chi connectivity index (χ3v) is 5.12. The van der Waals surface area contributed by atoms with E-state index in [1.165, 1.54) is 6.92 Å². The van der Waals surface area contributed by atoms with Crippen molar-refractivity contribution in [2.45, 2.75) is 13.8 Å². The maximum absolute atomic E-state index is 13.0. The average molecular weight is 445 g/mol. The second-order valence-electron chi connectivity index (χ2n) is 7.73. The molecule has 33 heavy (non-hydrogen) atoms. The van der Waals surface area contributed by atoms with E-state index < -0.39 is 24.3 Å². The van der Waals surface area contributed by atoms with Gasteiger partial charge in [-0.15, -0.1) is 0 Å². The molecule has 0 bridgehead atoms. The molecule has 1 N–H and O–H groups in total. The Morgan fingerprint density at radius 3 is 2.36 bits per heavy atom. The fourth-order valence-corrected chi connectivity index (χ4v) is 3.49. The number of hydrogen-bond donors (Lipinski definition) is 1. The summed E-state index contributed by atoms with van der Waals surface area (Å²) in [5, 5.41) is 9.12. The molecule has 0 unspecified atom stereocenters. The molecule has 1 aromatic rings. The first-order valence-corrected chi connectivity index (χ1v) is 10.1. The van der Waals surface area contributed by atoms with Crippen molar-refractivity contribution in [3.05, 3.63) is 93.4 Å². The fraction of sp³-hybridized carbons (Fsp3) is 0.200. The summed E-state index contributed by atoms with van der Waals surface area (Å²) in [5.74, 6) is -2.04. The molecule has 0 fully saturated rings. The molecule has 0 aromatic heterocycles. The Bertz CT molecular complexity index is 1220. The Hall–Kier alpha value is -4.38. The number of hydrogen-bond acceptors (Lipinski definition) is 5. The van der Waals surface area contributed by atoms with Crippen LogP contribution in [0.5, 0.6) is 0 Å². The number of anilines is 1. The number of allylic oxidation sites excluding steroid dienone is 5. The van der Waals surface area contributed by atoms with Gasteiger partial charge in [0.05, 0.1) is 6.57 Å². The zero-order valence-electron chi connectivity index (χ0n) is 18.7. The molecule has 0 radical (unpaired) electrons. The number of nitrogens with zero attached hydrogens (tertiary/aromatic N) is 3. The molecule has 8 heteroatoms. The molecule has 0 saturated carbocycles. The van der Waals surface area contributed by atoms with Crippen molar-refractivity contribution in [1.82, 2.24) is 4.90 Å². The highest BCUT2D eigenvalue weighted by molar-refractivity contribution is 6.18. The van der Waals surface area contributed by atoms with Gasteiger partial charge in [-0.2, -0.15) is 0 Å². The molecule has 0 aliphatic carbocycles. The van der Waals surface area contributed by atoms with Crippen LogP contribution in [-0.4, -0.2) is 48.4 Å². The SMILES string of the molecule is [C-]#[N+]C1=C(C)/C(=C2\C=C(C)OC(/C=C/c3ccc(N(C)C)cc3)=C2)C(=O)N(CC(=O)O)C1=O. The lowest BCUT2D eigenvalue weighted by Crippen LogP contribution is -2.45. The van der Waals surface area contributed by atoms with Gasteiger partial charge >= 0.3 is 5.97 Å². The Morgan fingerprint density at radius 2 is 1.79 bits per heavy atom. The van der Waals surface area contributed by atoms with Crippen LogP contribution in [0.15, 0.2) is 76.4 Å². The van der Waals surface area contributed by atoms with Crippen LogP contribution in [0.2, 0.25) is 0 Å². The van der Waals surface area contributed by atoms with Crippen molar-refractivity contribution < 1.29 is 24.2 Å². The van der Waals surface area contributed by atoms with Gasteiger partial charge in [0.25, 0.3) is 17.5 Å². The summed E-state index contributed by atoms with van der Waals surface area (Å²) in [6, 6.07) is 7.91. The molecule has 2 heterocycles. The molecule has 1 aromatic carbocycles. The maximum Gasteiger partial charge on any atom is 0.323 e. The van der Waals surface area contributed by atoms with Crippen molar-refractivity contribution in [3.63, 3.8) is 0 Å². The van der Waals surface area contributed by atoms with Crippen molar-refractivity contribution in [1.29, 1.82) is 0 Å². The number of rotatable bonds is 5. The van der Waals surface area contributed by atoms with E-state index in [4.69, 9.17) is 16.4 Å². The number of carbonyl (C=O) groups is 3. The van der Waals surface area contributed by atoms with Crippen LogP contribution in [0, 0.1) is 6.57 Å². The third-order valence-electron chi connectivity index (χ3n) is 5.12. The number of benzene rings is 1. The summed E-state index contributed by atoms with van der Waals surface area (Å²) in [6.45, 7) is 9.76. The van der Waals surface area contributed by atoms with Crippen molar-refractivity contribution in [3.8, 4) is 0 Å². The minimum absolute atomic E-state index is 0.103. The van der Waals surface area contributed by atoms with E-state index >= 15 is 0 Å². The smallest absolute Gasteiger partial charge is 0.323 e. The summed E-state index contributed by atoms with van der Waals surface area (Å²) < 4.78 is 5.76. The first kappa shape index (κ1) is 23.3. The number of carbonyl (C=O) groups excluding carboxylic acids is 2. The molecule has 2 aliphatic heterocycles. The van der Waals surface area contributed by atoms with E-state index in [0.29, 0.717) is 22.0 Å². The summed E-state index contributed by atoms with van der Waals surface area (Å²) in [5.41, 5.74) is 2.49. The zero-order valence-corrected chi connectivity index (χ0v) is 18.7. The van der Waals surface area contributed by atoms with E-state index in [0.717, 1.165) is 11.3 Å². The highest BCUT2D eigenvalue weighted by Gasteiger charge is 2.38. The highest BCUT2D eigenvalue weighted by Crippen LogP contribution is 2.32. The van der Waals surface area contributed by atoms with Crippen molar-refractivity contribution in [2.24, 2.45) is 0 Å². The molecule has 168 valence electrons. The molecule has 0 atom stereocenters. The molecule has 0 spiro atoms. The minimum Gasteiger partial charge on any atom is -0.480 e. The second-order valence-corrected chi connectivity index (χ2v) is 7.73. The minimum atomic E-state index is -1.34. The topological polar surface area (TPSA) is 91.5 Å². The number of carboxylic acids is 1. The third kappa shape index (κ3) is 4.93. The highest BCUT2D eigenvalue weighted by atomic mass is 16.5. The zero-order chi connectivity index (χ0) is 24.3. The summed E-state index contributed by atoms with van der Waals surface area (Å²) in [6.07, 6.45) is 6.87. The van der Waals surface area contributed by atoms with E-state index in [9.17, 15) is 14.4 Å². The lowest BCUT2D eigenvalue weighted by molar-refractivity contribution is -0.149. The first-order valence-electron chi connectivity index (χ1n) is 10.1. The number of aliphatic carboxylic acids is 1. The van der Waals surface area contributed by atoms with Crippen LogP contribution in [0.1, 0.15) is 19.4 Å². The van der Waals surface area contributed by atoms with Crippen LogP contribution < -0.4 is 4.90 Å². The standard InChI is InChI=1S/C25H23N3O5/c1-15-12-18(13-20(33-15)11-8-17-6-9-19(10-7-17)27(4)5)22-16(2)23(26-3)25(32)28(24(22)31)14-21(29)30/h6-13H,14H2,1-2,4-5H3,(H,29,30)/b11-8+,22-18-. The van der Waals surface area contributed by atoms with Crippen LogP contribution in [0.4, 0.5) is 5.69 Å². The largest absolute Gasteiger partial charge is 0.480 e. The Kier molecular flexibility index (Phi) is 6.64. The van der Waals surface area contributed by atoms with Gasteiger partial charge in [-0.05, 0) is 60.9 Å². The number of imide groups is 1. The maximum atomic E-state index is 13.0. The van der Waals surface area contributed by atoms with E-state index in [1.807, 2.05) is 49.3 Å². The first-order chi connectivity index (χ1) is 15.6. The average Bonchev–Trinajstić information content (AvgIpc) is 2.75. The number of amides is 2. The van der Waals surface area contributed by atoms with Gasteiger partial charge in [0.15, 0.2) is 0 Å². The van der Waals surface area contributed by atoms with Crippen LogP contribution >= 0.6 is 0 Å². The normalized spacial score (nSPS) is 18.7. The molecule has 3 rings (SSSR count). The van der Waals surface area contributed by atoms with Gasteiger partial charge < -0.3 is 14.7 Å². The van der Waals surface area contributed by atoms with E-state index in [2.05, 4.69) is 4.85 Å². The van der Waals surface area contributed by atoms with Gasteiger partial charge in [0, 0.05) is 25.4 Å². The van der Waals surface area contributed by atoms with Gasteiger partial charge in [-0.1, -0.05) is 18.2 Å². The van der Waals surface area contributed by atoms with Gasteiger partial charge in [-0.3, -0.25) is 19.3 Å². The van der Waals surface area contributed by atoms with Crippen molar-refractivity contribution >= 4 is 29.5 Å². The fourth-order valence-electron chi connectivity index (χ4n) is 3.49. The van der Waals surface area contributed by atoms with E-state index in [-0.39, 0.29) is 16.8 Å². The lowest BCUT2D eigenvalue weighted by Gasteiger charge is -2.28. The Labute approximate surface area is 191 Å². The molecule has 0 saturated heterocycles. The Morgan fingerprint density at radius 1 is 1.12 bits per heavy atom. The summed E-state index contributed by atoms with van der Waals surface area (Å²) in [4.78, 5) is 42.5. The molecule has 2 amide bonds. The molecular weight excluding hydrogens is 422 g/mol. The predicted octanol–water partition coefficient (Wildman–Crippen LogP) is 3.53. The van der Waals surface area contributed by atoms with Crippen molar-refractivity contribution in [2.75, 3.05) is 25.5 Å². The van der Waals surface area contributed by atoms with Gasteiger partial charge in [0.1, 0.15) is 18.1 Å². The Balaban J connectivity index is 2.04. The van der Waals surface area contributed by atoms with E-state index in [1.54, 1.807) is 25.2 Å². The quantitative estimate of drug-likeness (QED) is 0.424.